The molecule has 0 aromatic heterocycles. The molecule has 1 aromatic rings. The number of aliphatic carboxylic acids is 1. The van der Waals surface area contributed by atoms with E-state index in [9.17, 15) is 9.59 Å². The van der Waals surface area contributed by atoms with Crippen molar-refractivity contribution < 1.29 is 19.4 Å². The second kappa shape index (κ2) is 7.13. The molecule has 1 aromatic carbocycles. The van der Waals surface area contributed by atoms with E-state index in [-0.39, 0.29) is 18.4 Å². The average molecular weight is 317 g/mol. The molecule has 2 atom stereocenters. The van der Waals surface area contributed by atoms with Crippen LogP contribution in [0.15, 0.2) is 24.3 Å². The van der Waals surface area contributed by atoms with Crippen molar-refractivity contribution in [1.82, 2.24) is 4.90 Å². The summed E-state index contributed by atoms with van der Waals surface area (Å²) in [5, 5.41) is 8.92. The van der Waals surface area contributed by atoms with Crippen LogP contribution in [-0.4, -0.2) is 41.1 Å². The SMILES string of the molecule is O=C(O)CC[C@@H]1CCCCN1C(=O)[C@@H]1OCCc2ccccc21. The maximum Gasteiger partial charge on any atom is 0.303 e. The van der Waals surface area contributed by atoms with Gasteiger partial charge in [-0.25, -0.2) is 0 Å². The van der Waals surface area contributed by atoms with E-state index in [4.69, 9.17) is 9.84 Å². The van der Waals surface area contributed by atoms with E-state index in [0.717, 1.165) is 31.2 Å². The standard InChI is InChI=1S/C18H23NO4/c20-16(21)9-8-14-6-3-4-11-19(14)18(22)17-15-7-2-1-5-13(15)10-12-23-17/h1-2,5,7,14,17H,3-4,6,8-12H2,(H,20,21)/t14-,17+/m0/s1. The molecule has 0 saturated carbocycles. The summed E-state index contributed by atoms with van der Waals surface area (Å²) in [6.07, 6.45) is 3.84. The number of rotatable bonds is 4. The monoisotopic (exact) mass is 317 g/mol. The van der Waals surface area contributed by atoms with Gasteiger partial charge in [0.25, 0.3) is 5.91 Å². The fourth-order valence-corrected chi connectivity index (χ4v) is 3.63. The maximum absolute atomic E-state index is 13.0. The van der Waals surface area contributed by atoms with Crippen LogP contribution in [0.5, 0.6) is 0 Å². The number of ether oxygens (including phenoxy) is 1. The highest BCUT2D eigenvalue weighted by atomic mass is 16.5. The summed E-state index contributed by atoms with van der Waals surface area (Å²) in [5.41, 5.74) is 2.14. The fourth-order valence-electron chi connectivity index (χ4n) is 3.63. The third-order valence-electron chi connectivity index (χ3n) is 4.82. The Morgan fingerprint density at radius 2 is 2.09 bits per heavy atom. The maximum atomic E-state index is 13.0. The molecule has 1 N–H and O–H groups in total. The lowest BCUT2D eigenvalue weighted by Crippen LogP contribution is -2.47. The van der Waals surface area contributed by atoms with Crippen molar-refractivity contribution in [2.24, 2.45) is 0 Å². The summed E-state index contributed by atoms with van der Waals surface area (Å²) in [7, 11) is 0. The van der Waals surface area contributed by atoms with Crippen molar-refractivity contribution >= 4 is 11.9 Å². The quantitative estimate of drug-likeness (QED) is 0.927. The van der Waals surface area contributed by atoms with Gasteiger partial charge in [-0.05, 0) is 43.2 Å². The number of carbonyl (C=O) groups excluding carboxylic acids is 1. The summed E-state index contributed by atoms with van der Waals surface area (Å²) in [5.74, 6) is -0.811. The molecule has 5 heteroatoms. The number of carboxylic acid groups (broad SMARTS) is 1. The topological polar surface area (TPSA) is 66.8 Å². The molecule has 1 fully saturated rings. The summed E-state index contributed by atoms with van der Waals surface area (Å²) < 4.78 is 5.79. The molecule has 124 valence electrons. The number of amides is 1. The van der Waals surface area contributed by atoms with E-state index in [1.165, 1.54) is 5.56 Å². The molecule has 0 aliphatic carbocycles. The van der Waals surface area contributed by atoms with E-state index in [2.05, 4.69) is 6.07 Å². The van der Waals surface area contributed by atoms with Crippen LogP contribution >= 0.6 is 0 Å². The van der Waals surface area contributed by atoms with Crippen molar-refractivity contribution in [3.63, 3.8) is 0 Å². The molecule has 0 radical (unpaired) electrons. The molecule has 0 unspecified atom stereocenters. The van der Waals surface area contributed by atoms with Gasteiger partial charge in [0.1, 0.15) is 0 Å². The van der Waals surface area contributed by atoms with Gasteiger partial charge in [-0.3, -0.25) is 9.59 Å². The van der Waals surface area contributed by atoms with Crippen molar-refractivity contribution in [3.05, 3.63) is 35.4 Å². The Morgan fingerprint density at radius 3 is 2.91 bits per heavy atom. The van der Waals surface area contributed by atoms with Crippen molar-refractivity contribution in [2.45, 2.75) is 50.7 Å². The molecule has 23 heavy (non-hydrogen) atoms. The minimum absolute atomic E-state index is 0.00719. The van der Waals surface area contributed by atoms with Gasteiger partial charge in [0.05, 0.1) is 6.61 Å². The second-order valence-corrected chi connectivity index (χ2v) is 6.31. The highest BCUT2D eigenvalue weighted by Crippen LogP contribution is 2.31. The molecule has 1 amide bonds. The Balaban J connectivity index is 1.77. The first-order valence-corrected chi connectivity index (χ1v) is 8.38. The molecule has 2 aliphatic rings. The Bertz CT molecular complexity index is 586. The fraction of sp³-hybridized carbons (Fsp3) is 0.556. The third-order valence-corrected chi connectivity index (χ3v) is 4.82. The molecule has 1 saturated heterocycles. The van der Waals surface area contributed by atoms with Crippen LogP contribution in [0.4, 0.5) is 0 Å². The molecule has 2 aliphatic heterocycles. The largest absolute Gasteiger partial charge is 0.481 e. The second-order valence-electron chi connectivity index (χ2n) is 6.31. The first kappa shape index (κ1) is 16.0. The third kappa shape index (κ3) is 3.55. The summed E-state index contributed by atoms with van der Waals surface area (Å²) >= 11 is 0. The molecular formula is C18H23NO4. The van der Waals surface area contributed by atoms with Crippen LogP contribution in [0.1, 0.15) is 49.3 Å². The smallest absolute Gasteiger partial charge is 0.303 e. The predicted molar refractivity (Wildman–Crippen MR) is 85.1 cm³/mol. The van der Waals surface area contributed by atoms with Crippen molar-refractivity contribution in [2.75, 3.05) is 13.2 Å². The molecule has 2 heterocycles. The van der Waals surface area contributed by atoms with Crippen LogP contribution in [0.25, 0.3) is 0 Å². The van der Waals surface area contributed by atoms with E-state index < -0.39 is 12.1 Å². The molecule has 0 spiro atoms. The predicted octanol–water partition coefficient (Wildman–Crippen LogP) is 2.55. The lowest BCUT2D eigenvalue weighted by Gasteiger charge is -2.39. The first-order chi connectivity index (χ1) is 11.2. The molecule has 3 rings (SSSR count). The zero-order valence-corrected chi connectivity index (χ0v) is 13.2. The molecule has 5 nitrogen and oxygen atoms in total. The van der Waals surface area contributed by atoms with Gasteiger partial charge in [-0.15, -0.1) is 0 Å². The Labute approximate surface area is 136 Å². The number of fused-ring (bicyclic) bond motifs is 1. The number of carboxylic acids is 1. The van der Waals surface area contributed by atoms with Gasteiger partial charge in [0.2, 0.25) is 0 Å². The van der Waals surface area contributed by atoms with Crippen LogP contribution in [-0.2, 0) is 20.7 Å². The normalized spacial score (nSPS) is 24.1. The van der Waals surface area contributed by atoms with Gasteiger partial charge >= 0.3 is 5.97 Å². The Morgan fingerprint density at radius 1 is 1.26 bits per heavy atom. The number of carbonyl (C=O) groups is 2. The number of hydrogen-bond donors (Lipinski definition) is 1. The zero-order valence-electron chi connectivity index (χ0n) is 13.2. The number of hydrogen-bond acceptors (Lipinski definition) is 3. The van der Waals surface area contributed by atoms with E-state index in [1.54, 1.807) is 0 Å². The van der Waals surface area contributed by atoms with Crippen LogP contribution in [0.3, 0.4) is 0 Å². The molecular weight excluding hydrogens is 294 g/mol. The number of benzene rings is 1. The van der Waals surface area contributed by atoms with Gasteiger partial charge in [-0.1, -0.05) is 24.3 Å². The minimum Gasteiger partial charge on any atom is -0.481 e. The van der Waals surface area contributed by atoms with Gasteiger partial charge in [0.15, 0.2) is 6.10 Å². The van der Waals surface area contributed by atoms with Gasteiger partial charge in [-0.2, -0.15) is 0 Å². The number of piperidine rings is 1. The van der Waals surface area contributed by atoms with Crippen molar-refractivity contribution in [1.29, 1.82) is 0 Å². The van der Waals surface area contributed by atoms with E-state index in [0.29, 0.717) is 19.6 Å². The number of nitrogens with zero attached hydrogens (tertiary/aromatic N) is 1. The molecule has 0 bridgehead atoms. The minimum atomic E-state index is -0.803. The van der Waals surface area contributed by atoms with Crippen LogP contribution in [0, 0.1) is 0 Å². The number of likely N-dealkylation sites (tertiary alicyclic amines) is 1. The first-order valence-electron chi connectivity index (χ1n) is 8.38. The van der Waals surface area contributed by atoms with E-state index in [1.807, 2.05) is 23.1 Å². The van der Waals surface area contributed by atoms with Gasteiger partial charge in [0, 0.05) is 19.0 Å². The lowest BCUT2D eigenvalue weighted by molar-refractivity contribution is -0.150. The highest BCUT2D eigenvalue weighted by Gasteiger charge is 2.35. The summed E-state index contributed by atoms with van der Waals surface area (Å²) in [6.45, 7) is 1.26. The Hall–Kier alpha value is -1.88. The lowest BCUT2D eigenvalue weighted by atomic mass is 9.93. The van der Waals surface area contributed by atoms with Crippen LogP contribution in [0.2, 0.25) is 0 Å². The van der Waals surface area contributed by atoms with Crippen LogP contribution < -0.4 is 0 Å². The zero-order chi connectivity index (χ0) is 16.2. The van der Waals surface area contributed by atoms with E-state index >= 15 is 0 Å². The highest BCUT2D eigenvalue weighted by molar-refractivity contribution is 5.83. The van der Waals surface area contributed by atoms with Gasteiger partial charge < -0.3 is 14.7 Å². The summed E-state index contributed by atoms with van der Waals surface area (Å²) in [6, 6.07) is 7.96. The Kier molecular flexibility index (Phi) is 4.96. The summed E-state index contributed by atoms with van der Waals surface area (Å²) in [4.78, 5) is 25.7. The van der Waals surface area contributed by atoms with Crippen molar-refractivity contribution in [3.8, 4) is 0 Å². The average Bonchev–Trinajstić information content (AvgIpc) is 2.59.